The lowest BCUT2D eigenvalue weighted by molar-refractivity contribution is -0.270. The molecule has 69 heavy (non-hydrogen) atoms. The first kappa shape index (κ1) is 54.8. The summed E-state index contributed by atoms with van der Waals surface area (Å²) in [6.07, 6.45) is 3.68. The van der Waals surface area contributed by atoms with Gasteiger partial charge in [0.15, 0.2) is 6.29 Å². The fraction of sp³-hybridized carbons (Fsp3) is 0.769. The predicted molar refractivity (Wildman–Crippen MR) is 260 cm³/mol. The van der Waals surface area contributed by atoms with Gasteiger partial charge in [-0.2, -0.15) is 0 Å². The summed E-state index contributed by atoms with van der Waals surface area (Å²) < 4.78 is 39.3. The van der Waals surface area contributed by atoms with Crippen molar-refractivity contribution in [2.75, 3.05) is 33.8 Å². The number of carbonyl (C=O) groups is 1. The number of ether oxygens (including phenoxy) is 5. The Kier molecular flexibility index (Phi) is 18.9. The Morgan fingerprint density at radius 1 is 0.971 bits per heavy atom. The maximum Gasteiger partial charge on any atom is 0.309 e. The normalized spacial score (nSPS) is 38.0. The predicted octanol–water partition coefficient (Wildman–Crippen LogP) is 5.76. The number of cyclic esters (lactones) is 1. The number of nitrogens with zero attached hydrogens (tertiary/aromatic N) is 6. The van der Waals surface area contributed by atoms with Crippen LogP contribution < -0.4 is 4.74 Å². The van der Waals surface area contributed by atoms with E-state index in [4.69, 9.17) is 28.2 Å². The number of likely N-dealkylation sites (N-methyl/N-ethyl adjacent to an activating group) is 2. The van der Waals surface area contributed by atoms with Gasteiger partial charge in [-0.1, -0.05) is 57.1 Å². The van der Waals surface area contributed by atoms with Crippen LogP contribution in [0.1, 0.15) is 113 Å². The van der Waals surface area contributed by atoms with Crippen LogP contribution in [-0.4, -0.2) is 162 Å². The molecule has 6 rings (SSSR count). The van der Waals surface area contributed by atoms with Crippen molar-refractivity contribution in [3.05, 3.63) is 48.6 Å². The van der Waals surface area contributed by atoms with Crippen molar-refractivity contribution in [1.29, 1.82) is 0 Å². The van der Waals surface area contributed by atoms with Gasteiger partial charge in [0.25, 0.3) is 0 Å². The summed E-state index contributed by atoms with van der Waals surface area (Å²) in [6, 6.07) is 7.44. The molecule has 5 heterocycles. The van der Waals surface area contributed by atoms with Crippen LogP contribution in [0.3, 0.4) is 0 Å². The molecule has 3 fully saturated rings. The lowest BCUT2D eigenvalue weighted by Crippen LogP contribution is -2.59. The lowest BCUT2D eigenvalue weighted by atomic mass is 9.69. The van der Waals surface area contributed by atoms with Crippen LogP contribution in [0, 0.1) is 29.6 Å². The summed E-state index contributed by atoms with van der Waals surface area (Å²) in [5.74, 6) is -1.73. The number of hydrogen-bond donors (Lipinski definition) is 4. The topological polar surface area (TPSA) is 207 Å². The number of rotatable bonds is 14. The Hall–Kier alpha value is -3.52. The molecule has 0 spiro atoms. The Morgan fingerprint density at radius 2 is 1.70 bits per heavy atom. The van der Waals surface area contributed by atoms with Crippen molar-refractivity contribution >= 4 is 5.97 Å². The van der Waals surface area contributed by atoms with Crippen LogP contribution in [0.25, 0.3) is 11.1 Å². The van der Waals surface area contributed by atoms with Gasteiger partial charge in [-0.15, -0.1) is 5.10 Å². The molecule has 0 amide bonds. The number of hydrogen-bond acceptors (Lipinski definition) is 16. The third-order valence-corrected chi connectivity index (χ3v) is 15.6. The van der Waals surface area contributed by atoms with Crippen LogP contribution in [0.5, 0.6) is 5.75 Å². The van der Waals surface area contributed by atoms with E-state index in [0.717, 1.165) is 42.0 Å². The monoisotopic (exact) mass is 969 g/mol. The van der Waals surface area contributed by atoms with Crippen molar-refractivity contribution in [3.8, 4) is 16.9 Å². The zero-order valence-electron chi connectivity index (χ0n) is 43.3. The first-order valence-electron chi connectivity index (χ1n) is 25.5. The Labute approximate surface area is 410 Å². The fourth-order valence-electron chi connectivity index (χ4n) is 11.5. The molecule has 0 aliphatic carbocycles. The van der Waals surface area contributed by atoms with E-state index < -0.39 is 83.9 Å². The average Bonchev–Trinajstić information content (AvgIpc) is 4.02. The largest absolute Gasteiger partial charge is 0.494 e. The van der Waals surface area contributed by atoms with Gasteiger partial charge in [0.05, 0.1) is 60.5 Å². The number of benzene rings is 1. The standard InChI is InChI=1S/C52H84N6O11/c1-13-44-52(10,63)48(60)36(7)57(12)28-31(2)26-51(9,62)49(34(5)46(35(6)50(61)68-44)43-23-32(3)47(59)37(8)67-43)69-45-25-41(24-33(4)66-45)56(11)21-19-40-29-58(55-54-40)20-14-22-64-42-17-15-38(16-18-42)39-27-53-65-30-39/h15-18,27,29-37,41,43-49,59-60,62-63H,13-14,19-26,28H2,1-12H3/t31-,32+,33-,34+,35-,36-,37+,41+,43?,44-,45+,46+,47-,48-,49-,51-,52-/m1/s1. The maximum atomic E-state index is 14.5. The average molecular weight is 969 g/mol. The van der Waals surface area contributed by atoms with Gasteiger partial charge < -0.3 is 58.4 Å². The van der Waals surface area contributed by atoms with E-state index in [0.29, 0.717) is 45.4 Å². The third-order valence-electron chi connectivity index (χ3n) is 15.6. The van der Waals surface area contributed by atoms with Gasteiger partial charge in [-0.05, 0) is 110 Å². The van der Waals surface area contributed by atoms with Gasteiger partial charge in [0, 0.05) is 68.7 Å². The molecule has 0 bridgehead atoms. The van der Waals surface area contributed by atoms with E-state index >= 15 is 0 Å². The van der Waals surface area contributed by atoms with Gasteiger partial charge in [-0.25, -0.2) is 0 Å². The summed E-state index contributed by atoms with van der Waals surface area (Å²) in [4.78, 5) is 18.8. The molecule has 3 aliphatic rings. The first-order valence-corrected chi connectivity index (χ1v) is 25.5. The second kappa shape index (κ2) is 23.8. The van der Waals surface area contributed by atoms with Crippen LogP contribution in [0.15, 0.2) is 47.4 Å². The zero-order valence-corrected chi connectivity index (χ0v) is 43.3. The van der Waals surface area contributed by atoms with Crippen molar-refractivity contribution in [3.63, 3.8) is 0 Å². The highest BCUT2D eigenvalue weighted by Crippen LogP contribution is 2.43. The van der Waals surface area contributed by atoms with Crippen molar-refractivity contribution in [1.82, 2.24) is 30.0 Å². The Bertz CT molecular complexity index is 2000. The van der Waals surface area contributed by atoms with E-state index in [-0.39, 0.29) is 30.4 Å². The fourth-order valence-corrected chi connectivity index (χ4v) is 11.5. The minimum Gasteiger partial charge on any atom is -0.494 e. The number of aryl methyl sites for hydroxylation is 1. The molecule has 388 valence electrons. The minimum absolute atomic E-state index is 0.0727. The van der Waals surface area contributed by atoms with Gasteiger partial charge in [0.1, 0.15) is 29.8 Å². The van der Waals surface area contributed by atoms with E-state index in [1.807, 2.05) is 95.6 Å². The Balaban J connectivity index is 1.15. The third kappa shape index (κ3) is 13.7. The maximum absolute atomic E-state index is 14.5. The second-order valence-electron chi connectivity index (χ2n) is 21.6. The molecule has 0 saturated carbocycles. The van der Waals surface area contributed by atoms with E-state index in [1.54, 1.807) is 12.5 Å². The molecular weight excluding hydrogens is 885 g/mol. The van der Waals surface area contributed by atoms with Crippen LogP contribution in [0.4, 0.5) is 0 Å². The molecule has 4 N–H and O–H groups in total. The zero-order chi connectivity index (χ0) is 50.4. The smallest absolute Gasteiger partial charge is 0.309 e. The SMILES string of the molecule is CC[C@H]1OC(=O)[C@H](C)[C@@H](C2C[C@H](C)[C@@H](O)[C@H](C)O2)[C@H](C)[C@@H](O[C@H]2C[C@@H](N(C)CCc3cn(CCCOc4ccc(-c5cnoc5)cc4)nn3)C[C@@H](C)O2)[C@](C)(O)C[C@@H](C)CN(C)[C@H](C)[C@@H](O)[C@]1(C)O. The molecular formula is C52H84N6O11. The number of aliphatic hydroxyl groups excluding tert-OH is 2. The summed E-state index contributed by atoms with van der Waals surface area (Å²) in [5.41, 5.74) is -0.338. The lowest BCUT2D eigenvalue weighted by Gasteiger charge is -2.49. The molecule has 3 aliphatic heterocycles. The van der Waals surface area contributed by atoms with Gasteiger partial charge in [-0.3, -0.25) is 9.48 Å². The van der Waals surface area contributed by atoms with Crippen molar-refractivity contribution in [2.45, 2.75) is 193 Å². The quantitative estimate of drug-likeness (QED) is 0.112. The van der Waals surface area contributed by atoms with Crippen molar-refractivity contribution < 1.29 is 53.4 Å². The van der Waals surface area contributed by atoms with Gasteiger partial charge >= 0.3 is 5.97 Å². The summed E-state index contributed by atoms with van der Waals surface area (Å²) in [7, 11) is 4.00. The molecule has 1 aromatic carbocycles. The highest BCUT2D eigenvalue weighted by molar-refractivity contribution is 5.73. The van der Waals surface area contributed by atoms with Crippen LogP contribution in [0.2, 0.25) is 0 Å². The summed E-state index contributed by atoms with van der Waals surface area (Å²) in [5, 5.41) is 59.9. The highest BCUT2D eigenvalue weighted by atomic mass is 16.7. The molecule has 17 nitrogen and oxygen atoms in total. The van der Waals surface area contributed by atoms with Gasteiger partial charge in [0.2, 0.25) is 0 Å². The van der Waals surface area contributed by atoms with E-state index in [9.17, 15) is 25.2 Å². The summed E-state index contributed by atoms with van der Waals surface area (Å²) >= 11 is 0. The molecule has 3 saturated heterocycles. The Morgan fingerprint density at radius 3 is 2.36 bits per heavy atom. The summed E-state index contributed by atoms with van der Waals surface area (Å²) in [6.45, 7) is 21.3. The molecule has 17 heteroatoms. The molecule has 2 aromatic heterocycles. The van der Waals surface area contributed by atoms with Crippen LogP contribution in [-0.2, 0) is 36.7 Å². The molecule has 17 atom stereocenters. The molecule has 1 unspecified atom stereocenters. The highest BCUT2D eigenvalue weighted by Gasteiger charge is 2.52. The van der Waals surface area contributed by atoms with E-state index in [2.05, 4.69) is 41.3 Å². The molecule has 3 aromatic rings. The van der Waals surface area contributed by atoms with Crippen molar-refractivity contribution in [2.24, 2.45) is 29.6 Å². The number of aliphatic hydroxyl groups is 4. The number of carbonyl (C=O) groups excluding carboxylic acids is 1. The minimum atomic E-state index is -1.75. The molecule has 0 radical (unpaired) electrons. The second-order valence-corrected chi connectivity index (χ2v) is 21.6. The van der Waals surface area contributed by atoms with Crippen LogP contribution >= 0.6 is 0 Å². The number of aromatic nitrogens is 4. The van der Waals surface area contributed by atoms with E-state index in [1.165, 1.54) is 6.92 Å². The first-order chi connectivity index (χ1) is 32.6. The number of esters is 1.